The van der Waals surface area contributed by atoms with Crippen molar-refractivity contribution in [3.63, 3.8) is 0 Å². The molecule has 4 nitrogen and oxygen atoms in total. The van der Waals surface area contributed by atoms with E-state index in [0.29, 0.717) is 10.0 Å². The maximum Gasteiger partial charge on any atom is 0.335 e. The van der Waals surface area contributed by atoms with Crippen LogP contribution in [0.1, 0.15) is 10.4 Å². The molecule has 0 aliphatic heterocycles. The van der Waals surface area contributed by atoms with E-state index in [9.17, 15) is 4.79 Å². The zero-order valence-corrected chi connectivity index (χ0v) is 10.1. The Kier molecular flexibility index (Phi) is 3.61. The smallest absolute Gasteiger partial charge is 0.335 e. The number of benzene rings is 1. The van der Waals surface area contributed by atoms with Gasteiger partial charge < -0.3 is 5.11 Å². The monoisotopic (exact) mass is 266 g/mol. The van der Waals surface area contributed by atoms with Crippen LogP contribution >= 0.6 is 23.4 Å². The van der Waals surface area contributed by atoms with Gasteiger partial charge in [-0.2, -0.15) is 0 Å². The summed E-state index contributed by atoms with van der Waals surface area (Å²) in [5.74, 6) is -0.943. The van der Waals surface area contributed by atoms with Gasteiger partial charge in [0.15, 0.2) is 0 Å². The molecule has 0 amide bonds. The minimum atomic E-state index is -0.943. The van der Waals surface area contributed by atoms with Crippen molar-refractivity contribution in [2.24, 2.45) is 0 Å². The molecule has 0 fully saturated rings. The molecule has 1 N–H and O–H groups in total. The van der Waals surface area contributed by atoms with Gasteiger partial charge in [0, 0.05) is 4.90 Å². The molecule has 2 rings (SSSR count). The number of carbonyl (C=O) groups is 1. The van der Waals surface area contributed by atoms with Crippen molar-refractivity contribution in [1.29, 1.82) is 0 Å². The minimum absolute atomic E-state index is 0.253. The summed E-state index contributed by atoms with van der Waals surface area (Å²) in [5.41, 5.74) is 0.253. The molecule has 0 radical (unpaired) electrons. The highest BCUT2D eigenvalue weighted by Crippen LogP contribution is 2.30. The second-order valence-corrected chi connectivity index (χ2v) is 4.58. The third-order valence-electron chi connectivity index (χ3n) is 1.95. The molecule has 0 saturated carbocycles. The van der Waals surface area contributed by atoms with E-state index in [4.69, 9.17) is 16.7 Å². The fourth-order valence-corrected chi connectivity index (χ4v) is 2.12. The first-order chi connectivity index (χ1) is 8.16. The number of hydrogen-bond acceptors (Lipinski definition) is 4. The van der Waals surface area contributed by atoms with E-state index < -0.39 is 5.97 Å². The Morgan fingerprint density at radius 1 is 1.29 bits per heavy atom. The summed E-state index contributed by atoms with van der Waals surface area (Å²) in [6, 6.07) is 6.51. The van der Waals surface area contributed by atoms with Crippen LogP contribution < -0.4 is 0 Å². The lowest BCUT2D eigenvalue weighted by molar-refractivity contribution is 0.0697. The van der Waals surface area contributed by atoms with Crippen LogP contribution in [0.4, 0.5) is 0 Å². The van der Waals surface area contributed by atoms with Crippen LogP contribution in [0.25, 0.3) is 0 Å². The van der Waals surface area contributed by atoms with Crippen molar-refractivity contribution in [1.82, 2.24) is 9.97 Å². The van der Waals surface area contributed by atoms with E-state index in [1.165, 1.54) is 24.3 Å². The van der Waals surface area contributed by atoms with Crippen molar-refractivity contribution in [2.45, 2.75) is 9.92 Å². The molecule has 0 spiro atoms. The molecular weight excluding hydrogens is 260 g/mol. The van der Waals surface area contributed by atoms with Crippen molar-refractivity contribution in [3.8, 4) is 0 Å². The van der Waals surface area contributed by atoms with E-state index in [0.717, 1.165) is 4.90 Å². The second kappa shape index (κ2) is 5.16. The van der Waals surface area contributed by atoms with Crippen LogP contribution in [0, 0.1) is 0 Å². The van der Waals surface area contributed by atoms with Gasteiger partial charge in [-0.05, 0) is 24.3 Å². The highest BCUT2D eigenvalue weighted by atomic mass is 35.5. The van der Waals surface area contributed by atoms with Gasteiger partial charge in [-0.1, -0.05) is 23.4 Å². The van der Waals surface area contributed by atoms with Crippen LogP contribution in [0.3, 0.4) is 0 Å². The molecule has 1 aromatic carbocycles. The molecule has 0 bridgehead atoms. The molecule has 2 aromatic rings. The van der Waals surface area contributed by atoms with E-state index in [2.05, 4.69) is 9.97 Å². The number of rotatable bonds is 3. The van der Waals surface area contributed by atoms with Gasteiger partial charge in [0.2, 0.25) is 0 Å². The van der Waals surface area contributed by atoms with Crippen molar-refractivity contribution in [3.05, 3.63) is 47.4 Å². The molecule has 1 heterocycles. The fraction of sp³-hybridized carbons (Fsp3) is 0. The molecule has 1 aromatic heterocycles. The molecule has 0 aliphatic rings. The van der Waals surface area contributed by atoms with E-state index >= 15 is 0 Å². The zero-order chi connectivity index (χ0) is 12.3. The number of aromatic carboxylic acids is 1. The molecule has 17 heavy (non-hydrogen) atoms. The Morgan fingerprint density at radius 3 is 2.59 bits per heavy atom. The van der Waals surface area contributed by atoms with E-state index in [1.54, 1.807) is 24.3 Å². The van der Waals surface area contributed by atoms with Crippen molar-refractivity contribution in [2.75, 3.05) is 0 Å². The Bertz CT molecular complexity index is 545. The number of halogens is 1. The summed E-state index contributed by atoms with van der Waals surface area (Å²) < 4.78 is 0. The molecule has 0 saturated heterocycles. The van der Waals surface area contributed by atoms with Gasteiger partial charge in [-0.3, -0.25) is 0 Å². The first-order valence-electron chi connectivity index (χ1n) is 4.63. The SMILES string of the molecule is O=C(O)c1ccc(Sc2ncncc2Cl)cc1. The second-order valence-electron chi connectivity index (χ2n) is 3.11. The summed E-state index contributed by atoms with van der Waals surface area (Å²) in [6.07, 6.45) is 2.93. The Hall–Kier alpha value is -1.59. The minimum Gasteiger partial charge on any atom is -0.478 e. The fourth-order valence-electron chi connectivity index (χ4n) is 1.15. The van der Waals surface area contributed by atoms with Crippen molar-refractivity contribution >= 4 is 29.3 Å². The Labute approximate surface area is 107 Å². The maximum absolute atomic E-state index is 10.7. The molecule has 86 valence electrons. The third kappa shape index (κ3) is 2.95. The van der Waals surface area contributed by atoms with Gasteiger partial charge in [-0.15, -0.1) is 0 Å². The number of aromatic nitrogens is 2. The van der Waals surface area contributed by atoms with Crippen molar-refractivity contribution < 1.29 is 9.90 Å². The summed E-state index contributed by atoms with van der Waals surface area (Å²) in [5, 5.41) is 9.88. The lowest BCUT2D eigenvalue weighted by atomic mass is 10.2. The van der Waals surface area contributed by atoms with Gasteiger partial charge >= 0.3 is 5.97 Å². The molecule has 0 unspecified atom stereocenters. The highest BCUT2D eigenvalue weighted by Gasteiger charge is 2.06. The number of carboxylic acid groups (broad SMARTS) is 1. The molecule has 0 aliphatic carbocycles. The summed E-state index contributed by atoms with van der Waals surface area (Å²) in [6.45, 7) is 0. The summed E-state index contributed by atoms with van der Waals surface area (Å²) >= 11 is 7.27. The molecular formula is C11H7ClN2O2S. The highest BCUT2D eigenvalue weighted by molar-refractivity contribution is 7.99. The Balaban J connectivity index is 2.20. The van der Waals surface area contributed by atoms with Gasteiger partial charge in [0.1, 0.15) is 11.4 Å². The predicted molar refractivity (Wildman–Crippen MR) is 64.6 cm³/mol. The first-order valence-corrected chi connectivity index (χ1v) is 5.83. The average molecular weight is 267 g/mol. The topological polar surface area (TPSA) is 63.1 Å². The number of nitrogens with zero attached hydrogens (tertiary/aromatic N) is 2. The Morgan fingerprint density at radius 2 is 2.00 bits per heavy atom. The average Bonchev–Trinajstić information content (AvgIpc) is 2.33. The van der Waals surface area contributed by atoms with Crippen LogP contribution in [0.2, 0.25) is 5.02 Å². The van der Waals surface area contributed by atoms with Crippen LogP contribution in [-0.4, -0.2) is 21.0 Å². The van der Waals surface area contributed by atoms with Gasteiger partial charge in [-0.25, -0.2) is 14.8 Å². The largest absolute Gasteiger partial charge is 0.478 e. The lowest BCUT2D eigenvalue weighted by Gasteiger charge is -2.02. The summed E-state index contributed by atoms with van der Waals surface area (Å²) in [7, 11) is 0. The van der Waals surface area contributed by atoms with Crippen LogP contribution in [0.15, 0.2) is 46.7 Å². The number of hydrogen-bond donors (Lipinski definition) is 1. The standard InChI is InChI=1S/C11H7ClN2O2S/c12-9-5-13-6-14-10(9)17-8-3-1-7(2-4-8)11(15)16/h1-6H,(H,15,16). The van der Waals surface area contributed by atoms with Crippen LogP contribution in [0.5, 0.6) is 0 Å². The van der Waals surface area contributed by atoms with Gasteiger partial charge in [0.05, 0.1) is 16.8 Å². The quantitative estimate of drug-likeness (QED) is 0.866. The zero-order valence-electron chi connectivity index (χ0n) is 8.50. The first kappa shape index (κ1) is 11.9. The molecule has 0 atom stereocenters. The normalized spacial score (nSPS) is 10.2. The lowest BCUT2D eigenvalue weighted by Crippen LogP contribution is -1.94. The summed E-state index contributed by atoms with van der Waals surface area (Å²) in [4.78, 5) is 19.4. The predicted octanol–water partition coefficient (Wildman–Crippen LogP) is 2.98. The number of carboxylic acids is 1. The molecule has 6 heteroatoms. The van der Waals surface area contributed by atoms with E-state index in [1.807, 2.05) is 0 Å². The third-order valence-corrected chi connectivity index (χ3v) is 3.36. The van der Waals surface area contributed by atoms with Gasteiger partial charge in [0.25, 0.3) is 0 Å². The van der Waals surface area contributed by atoms with Crippen LogP contribution in [-0.2, 0) is 0 Å². The van der Waals surface area contributed by atoms with E-state index in [-0.39, 0.29) is 5.56 Å². The maximum atomic E-state index is 10.7.